The van der Waals surface area contributed by atoms with Crippen LogP contribution in [0.15, 0.2) is 12.1 Å². The number of carbonyl (C=O) groups is 2. The van der Waals surface area contributed by atoms with Gasteiger partial charge in [0, 0.05) is 13.2 Å². The van der Waals surface area contributed by atoms with Crippen molar-refractivity contribution in [1.82, 2.24) is 0 Å². The Labute approximate surface area is 137 Å². The summed E-state index contributed by atoms with van der Waals surface area (Å²) < 4.78 is 14.9. The minimum atomic E-state index is -1.16. The van der Waals surface area contributed by atoms with Crippen LogP contribution in [0, 0.1) is 0 Å². The lowest BCUT2D eigenvalue weighted by molar-refractivity contribution is -0.143. The van der Waals surface area contributed by atoms with Crippen LogP contribution in [-0.2, 0) is 19.1 Å². The Morgan fingerprint density at radius 1 is 1.18 bits per heavy atom. The van der Waals surface area contributed by atoms with Gasteiger partial charge in [0.15, 0.2) is 0 Å². The first kappa shape index (κ1) is 18.5. The van der Waals surface area contributed by atoms with Crippen molar-refractivity contribution >= 4 is 40.8 Å². The van der Waals surface area contributed by atoms with E-state index in [4.69, 9.17) is 37.8 Å². The summed E-state index contributed by atoms with van der Waals surface area (Å²) in [5.41, 5.74) is 0.280. The van der Waals surface area contributed by atoms with Gasteiger partial charge in [0.2, 0.25) is 5.91 Å². The van der Waals surface area contributed by atoms with Crippen molar-refractivity contribution in [3.8, 4) is 5.75 Å². The van der Waals surface area contributed by atoms with Gasteiger partial charge in [0.05, 0.1) is 22.3 Å². The molecule has 2 N–H and O–H groups in total. The Morgan fingerprint density at radius 3 is 2.55 bits per heavy atom. The van der Waals surface area contributed by atoms with Crippen molar-refractivity contribution in [3.05, 3.63) is 22.2 Å². The van der Waals surface area contributed by atoms with Gasteiger partial charge >= 0.3 is 5.97 Å². The zero-order valence-electron chi connectivity index (χ0n) is 11.7. The number of hydrogen-bond acceptors (Lipinski definition) is 5. The van der Waals surface area contributed by atoms with E-state index in [-0.39, 0.29) is 17.3 Å². The summed E-state index contributed by atoms with van der Waals surface area (Å²) in [6.45, 7) is -0.311. The molecule has 1 amide bonds. The molecule has 1 rings (SSSR count). The maximum atomic E-state index is 11.6. The third-order valence-electron chi connectivity index (χ3n) is 2.30. The molecular weight excluding hydrogens is 337 g/mol. The van der Waals surface area contributed by atoms with Crippen LogP contribution in [0.2, 0.25) is 10.0 Å². The second kappa shape index (κ2) is 9.47. The molecule has 22 heavy (non-hydrogen) atoms. The fourth-order valence-electron chi connectivity index (χ4n) is 1.39. The maximum absolute atomic E-state index is 11.6. The second-order valence-electron chi connectivity index (χ2n) is 4.04. The predicted molar refractivity (Wildman–Crippen MR) is 80.9 cm³/mol. The molecular formula is C13H15Cl2NO6. The summed E-state index contributed by atoms with van der Waals surface area (Å²) in [4.78, 5) is 21.9. The fourth-order valence-corrected chi connectivity index (χ4v) is 1.87. The lowest BCUT2D eigenvalue weighted by atomic mass is 10.3. The minimum Gasteiger partial charge on any atom is -0.490 e. The molecule has 0 unspecified atom stereocenters. The number of anilines is 1. The molecule has 122 valence electrons. The van der Waals surface area contributed by atoms with Crippen molar-refractivity contribution in [1.29, 1.82) is 0 Å². The molecule has 0 atom stereocenters. The average Bonchev–Trinajstić information content (AvgIpc) is 2.43. The Hall–Kier alpha value is -1.54. The molecule has 0 radical (unpaired) electrons. The molecule has 0 aromatic heterocycles. The van der Waals surface area contributed by atoms with Gasteiger partial charge in [-0.2, -0.15) is 0 Å². The van der Waals surface area contributed by atoms with E-state index < -0.39 is 25.1 Å². The summed E-state index contributed by atoms with van der Waals surface area (Å²) in [5.74, 6) is -1.37. The van der Waals surface area contributed by atoms with Crippen molar-refractivity contribution < 1.29 is 28.9 Å². The molecule has 0 bridgehead atoms. The Morgan fingerprint density at radius 2 is 1.91 bits per heavy atom. The van der Waals surface area contributed by atoms with Crippen LogP contribution in [0.25, 0.3) is 0 Å². The quantitative estimate of drug-likeness (QED) is 0.661. The van der Waals surface area contributed by atoms with Crippen molar-refractivity contribution in [2.24, 2.45) is 0 Å². The standard InChI is InChI=1S/C13H15Cl2NO6/c1-20-2-3-22-11-5-10(8(14)4-9(11)15)16-12(17)6-21-7-13(18)19/h4-5H,2-3,6-7H2,1H3,(H,16,17)(H,18,19). The number of amides is 1. The minimum absolute atomic E-state index is 0.218. The van der Waals surface area contributed by atoms with Crippen LogP contribution < -0.4 is 10.1 Å². The summed E-state index contributed by atoms with van der Waals surface area (Å²) in [6, 6.07) is 2.90. The number of carboxylic acids is 1. The first-order valence-corrected chi connectivity index (χ1v) is 6.89. The molecule has 7 nitrogen and oxygen atoms in total. The van der Waals surface area contributed by atoms with Crippen molar-refractivity contribution in [2.45, 2.75) is 0 Å². The van der Waals surface area contributed by atoms with Crippen molar-refractivity contribution in [3.63, 3.8) is 0 Å². The summed E-state index contributed by atoms with van der Waals surface area (Å²) in [5, 5.41) is 11.4. The van der Waals surface area contributed by atoms with E-state index in [1.807, 2.05) is 0 Å². The lowest BCUT2D eigenvalue weighted by Gasteiger charge is -2.12. The van der Waals surface area contributed by atoms with E-state index in [9.17, 15) is 9.59 Å². The number of rotatable bonds is 9. The van der Waals surface area contributed by atoms with Gasteiger partial charge in [0.25, 0.3) is 0 Å². The molecule has 0 aliphatic rings. The molecule has 0 spiro atoms. The zero-order valence-corrected chi connectivity index (χ0v) is 13.2. The van der Waals surface area contributed by atoms with Gasteiger partial charge in [-0.05, 0) is 6.07 Å². The molecule has 1 aromatic rings. The number of benzene rings is 1. The van der Waals surface area contributed by atoms with Crippen LogP contribution in [0.1, 0.15) is 0 Å². The van der Waals surface area contributed by atoms with Gasteiger partial charge in [0.1, 0.15) is 25.6 Å². The first-order chi connectivity index (χ1) is 10.4. The third-order valence-corrected chi connectivity index (χ3v) is 2.91. The molecule has 0 aliphatic carbocycles. The van der Waals surface area contributed by atoms with E-state index in [0.717, 1.165) is 0 Å². The van der Waals surface area contributed by atoms with Gasteiger partial charge in [-0.1, -0.05) is 23.2 Å². The van der Waals surface area contributed by atoms with E-state index in [0.29, 0.717) is 17.4 Å². The second-order valence-corrected chi connectivity index (χ2v) is 4.85. The van der Waals surface area contributed by atoms with Crippen LogP contribution >= 0.6 is 23.2 Å². The maximum Gasteiger partial charge on any atom is 0.329 e. The molecule has 0 saturated carbocycles. The summed E-state index contributed by atoms with van der Waals surface area (Å²) in [6.07, 6.45) is 0. The highest BCUT2D eigenvalue weighted by Gasteiger charge is 2.12. The van der Waals surface area contributed by atoms with Gasteiger partial charge in [-0.3, -0.25) is 4.79 Å². The van der Waals surface area contributed by atoms with Gasteiger partial charge in [-0.25, -0.2) is 4.79 Å². The highest BCUT2D eigenvalue weighted by Crippen LogP contribution is 2.34. The van der Waals surface area contributed by atoms with E-state index >= 15 is 0 Å². The fraction of sp³-hybridized carbons (Fsp3) is 0.385. The first-order valence-electron chi connectivity index (χ1n) is 6.14. The zero-order chi connectivity index (χ0) is 16.5. The number of aliphatic carboxylic acids is 1. The summed E-state index contributed by atoms with van der Waals surface area (Å²) >= 11 is 12.0. The number of carbonyl (C=O) groups excluding carboxylic acids is 1. The van der Waals surface area contributed by atoms with Crippen LogP contribution in [0.5, 0.6) is 5.75 Å². The predicted octanol–water partition coefficient (Wildman–Crippen LogP) is 2.06. The van der Waals surface area contributed by atoms with Crippen LogP contribution in [0.4, 0.5) is 5.69 Å². The smallest absolute Gasteiger partial charge is 0.329 e. The number of ether oxygens (including phenoxy) is 3. The normalized spacial score (nSPS) is 10.3. The SMILES string of the molecule is COCCOc1cc(NC(=O)COCC(=O)O)c(Cl)cc1Cl. The number of methoxy groups -OCH3 is 1. The third kappa shape index (κ3) is 6.48. The number of hydrogen-bond donors (Lipinski definition) is 2. The topological polar surface area (TPSA) is 94.1 Å². The lowest BCUT2D eigenvalue weighted by Crippen LogP contribution is -2.21. The van der Waals surface area contributed by atoms with Gasteiger partial charge in [-0.15, -0.1) is 0 Å². The van der Waals surface area contributed by atoms with E-state index in [1.54, 1.807) is 0 Å². The number of halogens is 2. The Bertz CT molecular complexity index is 538. The molecule has 0 heterocycles. The average molecular weight is 352 g/mol. The highest BCUT2D eigenvalue weighted by atomic mass is 35.5. The Balaban J connectivity index is 2.66. The Kier molecular flexibility index (Phi) is 7.97. The molecule has 0 fully saturated rings. The number of nitrogens with one attached hydrogen (secondary N) is 1. The van der Waals surface area contributed by atoms with Crippen LogP contribution in [-0.4, -0.2) is 50.5 Å². The summed E-state index contributed by atoms with van der Waals surface area (Å²) in [7, 11) is 1.54. The molecule has 0 aliphatic heterocycles. The van der Waals surface area contributed by atoms with E-state index in [2.05, 4.69) is 10.1 Å². The highest BCUT2D eigenvalue weighted by molar-refractivity contribution is 6.37. The number of carboxylic acid groups (broad SMARTS) is 1. The molecule has 9 heteroatoms. The monoisotopic (exact) mass is 351 g/mol. The molecule has 0 saturated heterocycles. The van der Waals surface area contributed by atoms with Crippen LogP contribution in [0.3, 0.4) is 0 Å². The largest absolute Gasteiger partial charge is 0.490 e. The van der Waals surface area contributed by atoms with Crippen molar-refractivity contribution in [2.75, 3.05) is 38.9 Å². The molecule has 1 aromatic carbocycles. The van der Waals surface area contributed by atoms with Gasteiger partial charge < -0.3 is 24.6 Å². The van der Waals surface area contributed by atoms with E-state index in [1.165, 1.54) is 19.2 Å².